The normalized spacial score (nSPS) is 8.29. The molecule has 7 heavy (non-hydrogen) atoms. The minimum atomic E-state index is 0.941. The lowest BCUT2D eigenvalue weighted by Crippen LogP contribution is -2.09. The van der Waals surface area contributed by atoms with Crippen molar-refractivity contribution >= 4 is 6.72 Å². The molecule has 0 aromatic carbocycles. The molecule has 0 aliphatic carbocycles. The fourth-order valence-corrected chi connectivity index (χ4v) is 0.381. The fraction of sp³-hybridized carbons (Fsp3) is 0.800. The van der Waals surface area contributed by atoms with Gasteiger partial charge in [0.25, 0.3) is 0 Å². The molecule has 0 N–H and O–H groups in total. The molecule has 0 spiro atoms. The maximum absolute atomic E-state index is 4.91. The van der Waals surface area contributed by atoms with Crippen molar-refractivity contribution in [1.29, 1.82) is 0 Å². The van der Waals surface area contributed by atoms with E-state index in [1.165, 1.54) is 0 Å². The van der Waals surface area contributed by atoms with E-state index in [9.17, 15) is 0 Å². The predicted molar refractivity (Wildman–Crippen MR) is 31.4 cm³/mol. The van der Waals surface area contributed by atoms with Crippen molar-refractivity contribution in [1.82, 2.24) is 5.01 Å². The van der Waals surface area contributed by atoms with Gasteiger partial charge in [-0.05, 0) is 6.42 Å². The molecule has 0 atom stereocenters. The standard InChI is InChI=1S/C5H11N2/c1-4-5-7(3)6-2/h2H,4-5H2,1,3H3. The molecule has 0 saturated heterocycles. The molecule has 0 bridgehead atoms. The number of rotatable bonds is 3. The first kappa shape index (κ1) is 6.47. The van der Waals surface area contributed by atoms with Gasteiger partial charge in [0.1, 0.15) is 0 Å². The second kappa shape index (κ2) is 3.65. The van der Waals surface area contributed by atoms with Crippen LogP contribution in [0.1, 0.15) is 13.3 Å². The summed E-state index contributed by atoms with van der Waals surface area (Å²) < 4.78 is 0. The summed E-state index contributed by atoms with van der Waals surface area (Å²) in [5.74, 6) is 0. The Kier molecular flexibility index (Phi) is 3.38. The van der Waals surface area contributed by atoms with Gasteiger partial charge in [0, 0.05) is 13.6 Å². The topological polar surface area (TPSA) is 15.6 Å². The van der Waals surface area contributed by atoms with Gasteiger partial charge in [-0.15, -0.1) is 0 Å². The Bertz CT molecular complexity index is 52.0. The molecule has 0 saturated carbocycles. The van der Waals surface area contributed by atoms with Crippen LogP contribution in [0.5, 0.6) is 0 Å². The molecule has 0 unspecified atom stereocenters. The lowest BCUT2D eigenvalue weighted by Gasteiger charge is -2.07. The van der Waals surface area contributed by atoms with Crippen molar-refractivity contribution in [2.45, 2.75) is 13.3 Å². The van der Waals surface area contributed by atoms with Gasteiger partial charge >= 0.3 is 0 Å². The van der Waals surface area contributed by atoms with Crippen LogP contribution in [-0.4, -0.2) is 25.3 Å². The summed E-state index contributed by atoms with van der Waals surface area (Å²) in [6, 6.07) is 0. The molecular weight excluding hydrogens is 88.1 g/mol. The maximum atomic E-state index is 4.91. The largest absolute Gasteiger partial charge is 0.300 e. The monoisotopic (exact) mass is 99.1 g/mol. The third kappa shape index (κ3) is 3.30. The van der Waals surface area contributed by atoms with Gasteiger partial charge in [-0.2, -0.15) is 5.10 Å². The molecule has 0 heterocycles. The third-order valence-corrected chi connectivity index (χ3v) is 0.744. The van der Waals surface area contributed by atoms with Gasteiger partial charge in [-0.1, -0.05) is 6.92 Å². The SMILES string of the molecule is [CH]=NN(C)CCC. The highest BCUT2D eigenvalue weighted by molar-refractivity contribution is 5.22. The molecule has 0 fully saturated rings. The highest BCUT2D eigenvalue weighted by atomic mass is 15.4. The Hall–Kier alpha value is -0.530. The Labute approximate surface area is 44.8 Å². The summed E-state index contributed by atoms with van der Waals surface area (Å²) in [7, 11) is 1.85. The van der Waals surface area contributed by atoms with E-state index in [0.717, 1.165) is 13.0 Å². The summed E-state index contributed by atoms with van der Waals surface area (Å²) in [5.41, 5.74) is 0. The number of hydrogen-bond donors (Lipinski definition) is 0. The molecule has 0 aliphatic heterocycles. The highest BCUT2D eigenvalue weighted by Crippen LogP contribution is 1.82. The molecule has 0 aromatic rings. The number of nitrogens with zero attached hydrogens (tertiary/aromatic N) is 2. The molecule has 1 radical (unpaired) electrons. The van der Waals surface area contributed by atoms with E-state index in [1.54, 1.807) is 5.01 Å². The zero-order valence-corrected chi connectivity index (χ0v) is 4.89. The van der Waals surface area contributed by atoms with Gasteiger partial charge < -0.3 is 5.01 Å². The molecular formula is C5H11N2. The average molecular weight is 99.2 g/mol. The minimum absolute atomic E-state index is 0.941. The summed E-state index contributed by atoms with van der Waals surface area (Å²) >= 11 is 0. The molecule has 0 aromatic heterocycles. The van der Waals surface area contributed by atoms with Crippen molar-refractivity contribution in [2.24, 2.45) is 5.10 Å². The first-order valence-electron chi connectivity index (χ1n) is 2.43. The van der Waals surface area contributed by atoms with Gasteiger partial charge in [0.2, 0.25) is 0 Å². The van der Waals surface area contributed by atoms with Crippen LogP contribution in [0, 0.1) is 0 Å². The van der Waals surface area contributed by atoms with Crippen molar-refractivity contribution in [3.63, 3.8) is 0 Å². The zero-order valence-electron chi connectivity index (χ0n) is 4.89. The Morgan fingerprint density at radius 1 is 1.71 bits per heavy atom. The van der Waals surface area contributed by atoms with E-state index in [0.29, 0.717) is 0 Å². The summed E-state index contributed by atoms with van der Waals surface area (Å²) in [4.78, 5) is 0. The van der Waals surface area contributed by atoms with Crippen LogP contribution in [0.15, 0.2) is 5.10 Å². The molecule has 2 heteroatoms. The predicted octanol–water partition coefficient (Wildman–Crippen LogP) is 0.821. The van der Waals surface area contributed by atoms with Gasteiger partial charge in [-0.3, -0.25) is 0 Å². The summed E-state index contributed by atoms with van der Waals surface area (Å²) in [5, 5.41) is 5.12. The smallest absolute Gasteiger partial charge is 0.0671 e. The van der Waals surface area contributed by atoms with Crippen LogP contribution < -0.4 is 0 Å². The van der Waals surface area contributed by atoms with E-state index >= 15 is 0 Å². The van der Waals surface area contributed by atoms with Crippen molar-refractivity contribution in [2.75, 3.05) is 13.6 Å². The van der Waals surface area contributed by atoms with Gasteiger partial charge in [0.05, 0.1) is 6.72 Å². The quantitative estimate of drug-likeness (QED) is 0.378. The molecule has 0 rings (SSSR count). The molecule has 41 valence electrons. The van der Waals surface area contributed by atoms with Crippen LogP contribution in [-0.2, 0) is 0 Å². The molecule has 0 aliphatic rings. The van der Waals surface area contributed by atoms with Crippen LogP contribution in [0.2, 0.25) is 0 Å². The van der Waals surface area contributed by atoms with E-state index in [1.807, 2.05) is 7.05 Å². The fourth-order valence-electron chi connectivity index (χ4n) is 0.381. The number of hydrogen-bond acceptors (Lipinski definition) is 2. The zero-order chi connectivity index (χ0) is 5.70. The second-order valence-corrected chi connectivity index (χ2v) is 1.50. The van der Waals surface area contributed by atoms with Crippen LogP contribution in [0.4, 0.5) is 0 Å². The minimum Gasteiger partial charge on any atom is -0.300 e. The highest BCUT2D eigenvalue weighted by Gasteiger charge is 1.82. The molecule has 2 nitrogen and oxygen atoms in total. The van der Waals surface area contributed by atoms with Gasteiger partial charge in [-0.25, -0.2) is 0 Å². The first-order valence-corrected chi connectivity index (χ1v) is 2.43. The lowest BCUT2D eigenvalue weighted by atomic mass is 10.5. The van der Waals surface area contributed by atoms with E-state index in [2.05, 4.69) is 12.0 Å². The lowest BCUT2D eigenvalue weighted by molar-refractivity contribution is 0.358. The van der Waals surface area contributed by atoms with Crippen molar-refractivity contribution < 1.29 is 0 Å². The van der Waals surface area contributed by atoms with Gasteiger partial charge in [0.15, 0.2) is 0 Å². The average Bonchev–Trinajstić information content (AvgIpc) is 1.68. The Balaban J connectivity index is 2.98. The number of hydrazone groups is 1. The van der Waals surface area contributed by atoms with E-state index in [4.69, 9.17) is 6.72 Å². The van der Waals surface area contributed by atoms with Crippen molar-refractivity contribution in [3.8, 4) is 0 Å². The first-order chi connectivity index (χ1) is 3.31. The van der Waals surface area contributed by atoms with Crippen LogP contribution in [0.25, 0.3) is 0 Å². The Morgan fingerprint density at radius 2 is 2.29 bits per heavy atom. The van der Waals surface area contributed by atoms with Crippen LogP contribution >= 0.6 is 0 Å². The van der Waals surface area contributed by atoms with E-state index < -0.39 is 0 Å². The van der Waals surface area contributed by atoms with E-state index in [-0.39, 0.29) is 0 Å². The van der Waals surface area contributed by atoms with Crippen molar-refractivity contribution in [3.05, 3.63) is 0 Å². The maximum Gasteiger partial charge on any atom is 0.0671 e. The summed E-state index contributed by atoms with van der Waals surface area (Å²) in [6.07, 6.45) is 1.09. The van der Waals surface area contributed by atoms with Crippen LogP contribution in [0.3, 0.4) is 0 Å². The molecule has 0 amide bonds. The Morgan fingerprint density at radius 3 is 2.43 bits per heavy atom. The third-order valence-electron chi connectivity index (χ3n) is 0.744. The second-order valence-electron chi connectivity index (χ2n) is 1.50. The summed E-state index contributed by atoms with van der Waals surface area (Å²) in [6.45, 7) is 7.94.